The molecule has 1 fully saturated rings. The van der Waals surface area contributed by atoms with E-state index in [4.69, 9.17) is 5.11 Å². The third kappa shape index (κ3) is 3.34. The summed E-state index contributed by atoms with van der Waals surface area (Å²) < 4.78 is 27.1. The summed E-state index contributed by atoms with van der Waals surface area (Å²) in [5, 5.41) is 8.84. The molecule has 1 aliphatic rings. The minimum Gasteiger partial charge on any atom is -0.478 e. The van der Waals surface area contributed by atoms with Crippen LogP contribution in [0.3, 0.4) is 0 Å². The van der Waals surface area contributed by atoms with Gasteiger partial charge < -0.3 is 5.11 Å². The van der Waals surface area contributed by atoms with Crippen LogP contribution in [0.5, 0.6) is 0 Å². The van der Waals surface area contributed by atoms with Crippen LogP contribution in [0.1, 0.15) is 30.1 Å². The summed E-state index contributed by atoms with van der Waals surface area (Å²) in [7, 11) is -3.62. The predicted molar refractivity (Wildman–Crippen MR) is 73.6 cm³/mol. The minimum atomic E-state index is -3.62. The lowest BCUT2D eigenvalue weighted by Crippen LogP contribution is -2.29. The van der Waals surface area contributed by atoms with Crippen molar-refractivity contribution in [2.24, 2.45) is 5.41 Å². The topological polar surface area (TPSA) is 83.5 Å². The largest absolute Gasteiger partial charge is 0.478 e. The molecule has 104 valence electrons. The molecule has 0 radical (unpaired) electrons. The van der Waals surface area contributed by atoms with E-state index in [1.54, 1.807) is 0 Å². The Labute approximate surface area is 120 Å². The molecule has 1 aromatic rings. The molecule has 0 unspecified atom stereocenters. The lowest BCUT2D eigenvalue weighted by atomic mass is 10.2. The number of halogens is 1. The van der Waals surface area contributed by atoms with Crippen molar-refractivity contribution in [3.05, 3.63) is 28.2 Å². The van der Waals surface area contributed by atoms with Crippen LogP contribution in [-0.2, 0) is 10.0 Å². The Morgan fingerprint density at radius 1 is 1.47 bits per heavy atom. The van der Waals surface area contributed by atoms with Crippen LogP contribution >= 0.6 is 15.9 Å². The molecule has 2 N–H and O–H groups in total. The van der Waals surface area contributed by atoms with Crippen molar-refractivity contribution in [2.75, 3.05) is 6.54 Å². The summed E-state index contributed by atoms with van der Waals surface area (Å²) in [5.74, 6) is -1.09. The standard InChI is InChI=1S/C12H14BrNO4S/c1-12(4-5-12)7-14-19(17,18)10-3-2-8(11(15)16)6-9(10)13/h2-3,6,14H,4-5,7H2,1H3,(H,15,16). The molecule has 1 aliphatic carbocycles. The van der Waals surface area contributed by atoms with Crippen LogP contribution < -0.4 is 4.72 Å². The number of sulfonamides is 1. The molecule has 0 aliphatic heterocycles. The first kappa shape index (κ1) is 14.5. The normalized spacial score (nSPS) is 17.2. The Morgan fingerprint density at radius 2 is 2.11 bits per heavy atom. The lowest BCUT2D eigenvalue weighted by molar-refractivity contribution is 0.0696. The van der Waals surface area contributed by atoms with E-state index in [9.17, 15) is 13.2 Å². The van der Waals surface area contributed by atoms with Gasteiger partial charge in [-0.05, 0) is 52.4 Å². The van der Waals surface area contributed by atoms with E-state index in [1.807, 2.05) is 6.92 Å². The molecule has 0 saturated heterocycles. The van der Waals surface area contributed by atoms with Gasteiger partial charge in [-0.15, -0.1) is 0 Å². The summed E-state index contributed by atoms with van der Waals surface area (Å²) in [6.07, 6.45) is 2.04. The van der Waals surface area contributed by atoms with E-state index in [0.29, 0.717) is 6.54 Å². The molecule has 0 heterocycles. The van der Waals surface area contributed by atoms with Gasteiger partial charge in [0.15, 0.2) is 0 Å². The number of nitrogens with one attached hydrogen (secondary N) is 1. The van der Waals surface area contributed by atoms with Crippen LogP contribution in [0.25, 0.3) is 0 Å². The second-order valence-corrected chi connectivity index (χ2v) is 7.68. The van der Waals surface area contributed by atoms with Crippen molar-refractivity contribution < 1.29 is 18.3 Å². The first-order valence-electron chi connectivity index (χ1n) is 5.76. The van der Waals surface area contributed by atoms with Gasteiger partial charge in [0.2, 0.25) is 10.0 Å². The van der Waals surface area contributed by atoms with Gasteiger partial charge in [-0.25, -0.2) is 17.9 Å². The third-order valence-electron chi connectivity index (χ3n) is 3.26. The summed E-state index contributed by atoms with van der Waals surface area (Å²) in [5.41, 5.74) is 0.112. The minimum absolute atomic E-state index is 0.0416. The monoisotopic (exact) mass is 347 g/mol. The Bertz CT molecular complexity index is 623. The van der Waals surface area contributed by atoms with E-state index in [2.05, 4.69) is 20.7 Å². The van der Waals surface area contributed by atoms with Crippen molar-refractivity contribution in [1.82, 2.24) is 4.72 Å². The Hall–Kier alpha value is -0.920. The molecule has 0 atom stereocenters. The molecular formula is C12H14BrNO4S. The molecule has 1 aromatic carbocycles. The van der Waals surface area contributed by atoms with E-state index in [1.165, 1.54) is 18.2 Å². The van der Waals surface area contributed by atoms with Crippen molar-refractivity contribution in [3.8, 4) is 0 Å². The smallest absolute Gasteiger partial charge is 0.335 e. The van der Waals surface area contributed by atoms with Gasteiger partial charge in [-0.2, -0.15) is 0 Å². The zero-order valence-corrected chi connectivity index (χ0v) is 12.7. The number of carboxylic acid groups (broad SMARTS) is 1. The number of carbonyl (C=O) groups is 1. The van der Waals surface area contributed by atoms with Gasteiger partial charge >= 0.3 is 5.97 Å². The van der Waals surface area contributed by atoms with Crippen LogP contribution in [0.2, 0.25) is 0 Å². The first-order chi connectivity index (χ1) is 8.73. The molecule has 5 nitrogen and oxygen atoms in total. The number of hydrogen-bond donors (Lipinski definition) is 2. The zero-order chi connectivity index (χ0) is 14.3. The average molecular weight is 348 g/mol. The third-order valence-corrected chi connectivity index (χ3v) is 5.64. The SMILES string of the molecule is CC1(CNS(=O)(=O)c2ccc(C(=O)O)cc2Br)CC1. The Kier molecular flexibility index (Phi) is 3.72. The average Bonchev–Trinajstić information content (AvgIpc) is 3.05. The fourth-order valence-electron chi connectivity index (χ4n) is 1.59. The fourth-order valence-corrected chi connectivity index (χ4v) is 3.86. The number of benzene rings is 1. The number of carboxylic acids is 1. The maximum atomic E-state index is 12.1. The quantitative estimate of drug-likeness (QED) is 0.855. The van der Waals surface area contributed by atoms with Gasteiger partial charge in [0.1, 0.15) is 0 Å². The molecular weight excluding hydrogens is 334 g/mol. The Balaban J connectivity index is 2.22. The van der Waals surface area contributed by atoms with Gasteiger partial charge in [0, 0.05) is 11.0 Å². The van der Waals surface area contributed by atoms with Gasteiger partial charge in [0.25, 0.3) is 0 Å². The van der Waals surface area contributed by atoms with E-state index in [0.717, 1.165) is 12.8 Å². The molecule has 7 heteroatoms. The molecule has 0 spiro atoms. The maximum Gasteiger partial charge on any atom is 0.335 e. The fraction of sp³-hybridized carbons (Fsp3) is 0.417. The van der Waals surface area contributed by atoms with Gasteiger partial charge in [-0.3, -0.25) is 0 Å². The molecule has 0 bridgehead atoms. The highest BCUT2D eigenvalue weighted by Gasteiger charge is 2.38. The summed E-state index contributed by atoms with van der Waals surface area (Å²) >= 11 is 3.10. The van der Waals surface area contributed by atoms with Gasteiger partial charge in [-0.1, -0.05) is 6.92 Å². The Morgan fingerprint density at radius 3 is 2.58 bits per heavy atom. The first-order valence-corrected chi connectivity index (χ1v) is 8.04. The zero-order valence-electron chi connectivity index (χ0n) is 10.3. The summed E-state index contributed by atoms with van der Waals surface area (Å²) in [6, 6.07) is 3.86. The highest BCUT2D eigenvalue weighted by atomic mass is 79.9. The van der Waals surface area contributed by atoms with Crippen molar-refractivity contribution in [3.63, 3.8) is 0 Å². The predicted octanol–water partition coefficient (Wildman–Crippen LogP) is 2.23. The van der Waals surface area contributed by atoms with Crippen molar-refractivity contribution in [1.29, 1.82) is 0 Å². The number of rotatable bonds is 5. The lowest BCUT2D eigenvalue weighted by Gasteiger charge is -2.12. The van der Waals surface area contributed by atoms with Crippen LogP contribution in [0, 0.1) is 5.41 Å². The second kappa shape index (κ2) is 4.88. The molecule has 2 rings (SSSR count). The van der Waals surface area contributed by atoms with Crippen molar-refractivity contribution in [2.45, 2.75) is 24.7 Å². The van der Waals surface area contributed by atoms with Crippen LogP contribution in [0.15, 0.2) is 27.6 Å². The van der Waals surface area contributed by atoms with Crippen LogP contribution in [0.4, 0.5) is 0 Å². The molecule has 0 aromatic heterocycles. The number of hydrogen-bond acceptors (Lipinski definition) is 3. The number of aromatic carboxylic acids is 1. The van der Waals surface area contributed by atoms with Crippen LogP contribution in [-0.4, -0.2) is 26.0 Å². The van der Waals surface area contributed by atoms with Gasteiger partial charge in [0.05, 0.1) is 10.5 Å². The molecule has 0 amide bonds. The highest BCUT2D eigenvalue weighted by Crippen LogP contribution is 2.44. The summed E-state index contributed by atoms with van der Waals surface area (Å²) in [4.78, 5) is 10.9. The second-order valence-electron chi connectivity index (χ2n) is 5.09. The van der Waals surface area contributed by atoms with E-state index in [-0.39, 0.29) is 20.3 Å². The highest BCUT2D eigenvalue weighted by molar-refractivity contribution is 9.10. The maximum absolute atomic E-state index is 12.1. The van der Waals surface area contributed by atoms with E-state index < -0.39 is 16.0 Å². The molecule has 1 saturated carbocycles. The van der Waals surface area contributed by atoms with Crippen molar-refractivity contribution >= 4 is 31.9 Å². The van der Waals surface area contributed by atoms with E-state index >= 15 is 0 Å². The summed E-state index contributed by atoms with van der Waals surface area (Å²) in [6.45, 7) is 2.43. The molecule has 19 heavy (non-hydrogen) atoms.